The summed E-state index contributed by atoms with van der Waals surface area (Å²) in [5.41, 5.74) is 2.98. The fourth-order valence-corrected chi connectivity index (χ4v) is 2.81. The van der Waals surface area contributed by atoms with Gasteiger partial charge in [0.25, 0.3) is 0 Å². The van der Waals surface area contributed by atoms with Crippen molar-refractivity contribution < 1.29 is 14.6 Å². The molecule has 19 heavy (non-hydrogen) atoms. The van der Waals surface area contributed by atoms with Gasteiger partial charge in [-0.25, -0.2) is 0 Å². The normalized spacial score (nSPS) is 20.8. The van der Waals surface area contributed by atoms with E-state index in [4.69, 9.17) is 9.84 Å². The summed E-state index contributed by atoms with van der Waals surface area (Å²) in [6.07, 6.45) is 1.49. The number of carbonyl (C=O) groups excluding carboxylic acids is 1. The third-order valence-corrected chi connectivity index (χ3v) is 3.74. The highest BCUT2D eigenvalue weighted by atomic mass is 16.5. The summed E-state index contributed by atoms with van der Waals surface area (Å²) in [5, 5.41) is 10.2. The molecule has 4 heteroatoms. The summed E-state index contributed by atoms with van der Waals surface area (Å²) in [7, 11) is 1.63. The zero-order chi connectivity index (χ0) is 13.6. The Balaban J connectivity index is 2.29. The predicted molar refractivity (Wildman–Crippen MR) is 72.9 cm³/mol. The average molecular weight is 257 g/mol. The second-order valence-electron chi connectivity index (χ2n) is 4.91. The van der Waals surface area contributed by atoms with Crippen LogP contribution in [0.25, 0.3) is 10.9 Å². The van der Waals surface area contributed by atoms with Crippen LogP contribution in [0.2, 0.25) is 0 Å². The van der Waals surface area contributed by atoms with Gasteiger partial charge in [-0.1, -0.05) is 6.92 Å². The van der Waals surface area contributed by atoms with Crippen molar-refractivity contribution in [3.05, 3.63) is 41.3 Å². The van der Waals surface area contributed by atoms with Gasteiger partial charge >= 0.3 is 0 Å². The number of benzene rings is 1. The largest absolute Gasteiger partial charge is 0.515 e. The molecular weight excluding hydrogens is 242 g/mol. The number of rotatable bonds is 1. The number of fused-ring (bicyclic) bond motifs is 3. The molecule has 1 aliphatic rings. The lowest BCUT2D eigenvalue weighted by Crippen LogP contribution is -2.16. The van der Waals surface area contributed by atoms with Gasteiger partial charge < -0.3 is 14.8 Å². The number of ketones is 1. The molecule has 0 fully saturated rings. The molecule has 2 N–H and O–H groups in total. The van der Waals surface area contributed by atoms with E-state index in [-0.39, 0.29) is 11.7 Å². The number of hydrogen-bond acceptors (Lipinski definition) is 3. The molecule has 1 aromatic heterocycles. The summed E-state index contributed by atoms with van der Waals surface area (Å²) < 4.78 is 5.24. The highest BCUT2D eigenvalue weighted by molar-refractivity contribution is 6.13. The number of aromatic amines is 1. The van der Waals surface area contributed by atoms with Crippen molar-refractivity contribution in [2.24, 2.45) is 0 Å². The van der Waals surface area contributed by atoms with Crippen LogP contribution in [0, 0.1) is 0 Å². The van der Waals surface area contributed by atoms with E-state index in [9.17, 15) is 4.79 Å². The van der Waals surface area contributed by atoms with Crippen molar-refractivity contribution in [1.29, 1.82) is 0 Å². The quantitative estimate of drug-likeness (QED) is 0.608. The Hall–Kier alpha value is -2.23. The summed E-state index contributed by atoms with van der Waals surface area (Å²) >= 11 is 0. The van der Waals surface area contributed by atoms with Crippen LogP contribution in [0.1, 0.15) is 35.3 Å². The molecule has 1 aliphatic carbocycles. The number of ether oxygens (including phenoxy) is 1. The molecule has 4 nitrogen and oxygen atoms in total. The maximum absolute atomic E-state index is 12.2. The minimum Gasteiger partial charge on any atom is -0.515 e. The molecule has 1 aromatic carbocycles. The van der Waals surface area contributed by atoms with Crippen molar-refractivity contribution in [1.82, 2.24) is 4.98 Å². The Morgan fingerprint density at radius 1 is 1.47 bits per heavy atom. The maximum atomic E-state index is 12.2. The molecule has 0 radical (unpaired) electrons. The molecule has 1 atom stereocenters. The number of aliphatic hydroxyl groups excluding tert-OH is 1. The lowest BCUT2D eigenvalue weighted by Gasteiger charge is -2.20. The standard InChI is InChI=1S/C15H15NO3/c1-8-5-9(7-17)15(18)14-13(8)11-6-10(19-2)3-4-12(11)16-14/h3-4,6-8,16-17H,5H2,1-2H3/b9-7-. The first kappa shape index (κ1) is 11.8. The second kappa shape index (κ2) is 4.16. The highest BCUT2D eigenvalue weighted by Crippen LogP contribution is 2.39. The number of hydrogen-bond donors (Lipinski definition) is 2. The molecule has 0 amide bonds. The Bertz CT molecular complexity index is 697. The summed E-state index contributed by atoms with van der Waals surface area (Å²) in [5.74, 6) is 0.843. The topological polar surface area (TPSA) is 62.3 Å². The van der Waals surface area contributed by atoms with Crippen molar-refractivity contribution in [2.75, 3.05) is 7.11 Å². The van der Waals surface area contributed by atoms with E-state index in [1.54, 1.807) is 7.11 Å². The van der Waals surface area contributed by atoms with E-state index in [0.717, 1.165) is 28.5 Å². The number of nitrogens with one attached hydrogen (secondary N) is 1. The molecule has 0 spiro atoms. The van der Waals surface area contributed by atoms with Crippen LogP contribution in [0.4, 0.5) is 0 Å². The average Bonchev–Trinajstić information content (AvgIpc) is 2.81. The van der Waals surface area contributed by atoms with Crippen LogP contribution in [0.3, 0.4) is 0 Å². The van der Waals surface area contributed by atoms with Crippen molar-refractivity contribution >= 4 is 16.7 Å². The zero-order valence-corrected chi connectivity index (χ0v) is 10.9. The number of aromatic nitrogens is 1. The molecule has 98 valence electrons. The number of aliphatic hydroxyl groups is 1. The fraction of sp³-hybridized carbons (Fsp3) is 0.267. The minimum atomic E-state index is -0.120. The summed E-state index contributed by atoms with van der Waals surface area (Å²) in [6, 6.07) is 5.72. The molecule has 0 saturated carbocycles. The number of Topliss-reactive ketones (excluding diaryl/α,β-unsaturated/α-hetero) is 1. The van der Waals surface area contributed by atoms with E-state index in [2.05, 4.69) is 11.9 Å². The summed E-state index contributed by atoms with van der Waals surface area (Å²) in [4.78, 5) is 15.4. The van der Waals surface area contributed by atoms with Gasteiger partial charge in [-0.3, -0.25) is 4.79 Å². The van der Waals surface area contributed by atoms with Gasteiger partial charge in [-0.15, -0.1) is 0 Å². The zero-order valence-electron chi connectivity index (χ0n) is 10.9. The van der Waals surface area contributed by atoms with E-state index < -0.39 is 0 Å². The van der Waals surface area contributed by atoms with Crippen LogP contribution in [-0.2, 0) is 0 Å². The van der Waals surface area contributed by atoms with Gasteiger partial charge in [-0.05, 0) is 36.1 Å². The van der Waals surface area contributed by atoms with Crippen LogP contribution in [0.5, 0.6) is 5.75 Å². The lowest BCUT2D eigenvalue weighted by molar-refractivity contribution is 0.101. The van der Waals surface area contributed by atoms with Gasteiger partial charge in [0.15, 0.2) is 0 Å². The molecule has 1 heterocycles. The lowest BCUT2D eigenvalue weighted by atomic mass is 9.83. The third kappa shape index (κ3) is 1.63. The molecule has 0 bridgehead atoms. The number of H-pyrrole nitrogens is 1. The molecule has 3 rings (SSSR count). The van der Waals surface area contributed by atoms with E-state index in [0.29, 0.717) is 17.7 Å². The van der Waals surface area contributed by atoms with Crippen LogP contribution < -0.4 is 4.74 Å². The third-order valence-electron chi connectivity index (χ3n) is 3.74. The Labute approximate surface area is 110 Å². The first-order chi connectivity index (χ1) is 9.15. The molecular formula is C15H15NO3. The first-order valence-electron chi connectivity index (χ1n) is 6.23. The molecule has 0 saturated heterocycles. The van der Waals surface area contributed by atoms with E-state index in [1.807, 2.05) is 18.2 Å². The fourth-order valence-electron chi connectivity index (χ4n) is 2.81. The minimum absolute atomic E-state index is 0.120. The van der Waals surface area contributed by atoms with Crippen LogP contribution in [0.15, 0.2) is 30.0 Å². The van der Waals surface area contributed by atoms with Crippen molar-refractivity contribution in [3.63, 3.8) is 0 Å². The second-order valence-corrected chi connectivity index (χ2v) is 4.91. The monoisotopic (exact) mass is 257 g/mol. The Morgan fingerprint density at radius 3 is 2.95 bits per heavy atom. The SMILES string of the molecule is COc1ccc2[nH]c3c(c2c1)C(C)C/C(=C/O)C3=O. The predicted octanol–water partition coefficient (Wildman–Crippen LogP) is 3.31. The molecule has 2 aromatic rings. The molecule has 0 aliphatic heterocycles. The number of methoxy groups -OCH3 is 1. The van der Waals surface area contributed by atoms with Gasteiger partial charge in [-0.2, -0.15) is 0 Å². The Morgan fingerprint density at radius 2 is 2.26 bits per heavy atom. The van der Waals surface area contributed by atoms with Crippen LogP contribution in [-0.4, -0.2) is 23.0 Å². The summed E-state index contributed by atoms with van der Waals surface area (Å²) in [6.45, 7) is 2.06. The Kier molecular flexibility index (Phi) is 2.59. The smallest absolute Gasteiger partial charge is 0.208 e. The number of allylic oxidation sites excluding steroid dienone is 1. The van der Waals surface area contributed by atoms with Crippen LogP contribution >= 0.6 is 0 Å². The molecule has 1 unspecified atom stereocenters. The highest BCUT2D eigenvalue weighted by Gasteiger charge is 2.30. The van der Waals surface area contributed by atoms with Gasteiger partial charge in [0.1, 0.15) is 5.75 Å². The van der Waals surface area contributed by atoms with Gasteiger partial charge in [0.2, 0.25) is 5.78 Å². The van der Waals surface area contributed by atoms with Crippen molar-refractivity contribution in [2.45, 2.75) is 19.3 Å². The van der Waals surface area contributed by atoms with Gasteiger partial charge in [0.05, 0.1) is 19.1 Å². The maximum Gasteiger partial charge on any atom is 0.208 e. The van der Waals surface area contributed by atoms with E-state index in [1.165, 1.54) is 0 Å². The van der Waals surface area contributed by atoms with Crippen molar-refractivity contribution in [3.8, 4) is 5.75 Å². The number of carbonyl (C=O) groups is 1. The van der Waals surface area contributed by atoms with Gasteiger partial charge in [0, 0.05) is 16.5 Å². The first-order valence-corrected chi connectivity index (χ1v) is 6.23. The van der Waals surface area contributed by atoms with E-state index >= 15 is 0 Å².